The fraction of sp³-hybridized carbons (Fsp3) is 0.429. The van der Waals surface area contributed by atoms with Crippen LogP contribution < -0.4 is 4.90 Å². The van der Waals surface area contributed by atoms with Gasteiger partial charge in [0.1, 0.15) is 0 Å². The standard InChI is InChI=1S/C14H17ClN2O/c1-4-17(9-10(2)8-16)14-6-5-12(11(3)18)7-13(14)15/h5-7,10H,4,9H2,1-3H3. The van der Waals surface area contributed by atoms with Crippen molar-refractivity contribution in [3.8, 4) is 6.07 Å². The van der Waals surface area contributed by atoms with Crippen molar-refractivity contribution >= 4 is 23.1 Å². The van der Waals surface area contributed by atoms with Crippen LogP contribution in [-0.2, 0) is 0 Å². The van der Waals surface area contributed by atoms with Crippen molar-refractivity contribution in [1.29, 1.82) is 5.26 Å². The zero-order valence-corrected chi connectivity index (χ0v) is 11.7. The summed E-state index contributed by atoms with van der Waals surface area (Å²) in [5, 5.41) is 9.41. The minimum absolute atomic E-state index is 0.00288. The molecule has 3 nitrogen and oxygen atoms in total. The maximum atomic E-state index is 11.3. The zero-order chi connectivity index (χ0) is 13.7. The van der Waals surface area contributed by atoms with Gasteiger partial charge in [0.2, 0.25) is 0 Å². The summed E-state index contributed by atoms with van der Waals surface area (Å²) < 4.78 is 0. The summed E-state index contributed by atoms with van der Waals surface area (Å²) >= 11 is 6.20. The lowest BCUT2D eigenvalue weighted by Crippen LogP contribution is -2.28. The third-order valence-corrected chi connectivity index (χ3v) is 3.09. The Hall–Kier alpha value is -1.53. The van der Waals surface area contributed by atoms with E-state index in [1.54, 1.807) is 12.1 Å². The number of ketones is 1. The topological polar surface area (TPSA) is 44.1 Å². The molecule has 1 aromatic carbocycles. The largest absolute Gasteiger partial charge is 0.369 e. The number of Topliss-reactive ketones (excluding diaryl/α,β-unsaturated/α-hetero) is 1. The molecule has 1 aromatic rings. The van der Waals surface area contributed by atoms with E-state index in [-0.39, 0.29) is 11.7 Å². The Morgan fingerprint density at radius 2 is 2.22 bits per heavy atom. The lowest BCUT2D eigenvalue weighted by atomic mass is 10.1. The molecule has 0 amide bonds. The van der Waals surface area contributed by atoms with Gasteiger partial charge in [0.15, 0.2) is 5.78 Å². The second kappa shape index (κ2) is 6.42. The Labute approximate surface area is 113 Å². The highest BCUT2D eigenvalue weighted by Crippen LogP contribution is 2.27. The van der Waals surface area contributed by atoms with Gasteiger partial charge >= 0.3 is 0 Å². The van der Waals surface area contributed by atoms with Crippen LogP contribution in [0.5, 0.6) is 0 Å². The van der Waals surface area contributed by atoms with E-state index >= 15 is 0 Å². The number of nitrogens with zero attached hydrogens (tertiary/aromatic N) is 2. The molecule has 1 atom stereocenters. The Balaban J connectivity index is 3.00. The van der Waals surface area contributed by atoms with Crippen molar-refractivity contribution < 1.29 is 4.79 Å². The van der Waals surface area contributed by atoms with Crippen molar-refractivity contribution in [3.63, 3.8) is 0 Å². The first-order valence-electron chi connectivity index (χ1n) is 5.94. The minimum atomic E-state index is -0.0616. The molecule has 0 aromatic heterocycles. The van der Waals surface area contributed by atoms with Crippen LogP contribution in [0.25, 0.3) is 0 Å². The van der Waals surface area contributed by atoms with Crippen molar-refractivity contribution in [2.75, 3.05) is 18.0 Å². The summed E-state index contributed by atoms with van der Waals surface area (Å²) in [7, 11) is 0. The van der Waals surface area contributed by atoms with Crippen molar-refractivity contribution in [3.05, 3.63) is 28.8 Å². The van der Waals surface area contributed by atoms with Crippen LogP contribution in [0.2, 0.25) is 5.02 Å². The summed E-state index contributed by atoms with van der Waals surface area (Å²) in [6.45, 7) is 6.80. The highest BCUT2D eigenvalue weighted by Gasteiger charge is 2.13. The lowest BCUT2D eigenvalue weighted by Gasteiger charge is -2.25. The van der Waals surface area contributed by atoms with Crippen LogP contribution in [-0.4, -0.2) is 18.9 Å². The van der Waals surface area contributed by atoms with E-state index in [2.05, 4.69) is 6.07 Å². The number of carbonyl (C=O) groups excluding carboxylic acids is 1. The van der Waals surface area contributed by atoms with Crippen LogP contribution in [0.1, 0.15) is 31.1 Å². The van der Waals surface area contributed by atoms with Gasteiger partial charge in [-0.1, -0.05) is 11.6 Å². The summed E-state index contributed by atoms with van der Waals surface area (Å²) in [5.41, 5.74) is 1.47. The number of nitriles is 1. The van der Waals surface area contributed by atoms with Gasteiger partial charge in [0.25, 0.3) is 0 Å². The van der Waals surface area contributed by atoms with E-state index in [4.69, 9.17) is 16.9 Å². The average molecular weight is 265 g/mol. The molecule has 0 saturated carbocycles. The molecule has 1 rings (SSSR count). The van der Waals surface area contributed by atoms with Crippen LogP contribution in [0, 0.1) is 17.2 Å². The number of hydrogen-bond acceptors (Lipinski definition) is 3. The Kier molecular flexibility index (Phi) is 5.18. The van der Waals surface area contributed by atoms with Gasteiger partial charge in [-0.25, -0.2) is 0 Å². The molecule has 0 fully saturated rings. The number of benzene rings is 1. The third kappa shape index (κ3) is 3.48. The van der Waals surface area contributed by atoms with Crippen molar-refractivity contribution in [2.45, 2.75) is 20.8 Å². The molecule has 0 aliphatic carbocycles. The number of carbonyl (C=O) groups is 1. The predicted octanol–water partition coefficient (Wildman–Crippen LogP) is 3.53. The van der Waals surface area contributed by atoms with E-state index in [1.807, 2.05) is 24.8 Å². The van der Waals surface area contributed by atoms with Gasteiger partial charge < -0.3 is 4.90 Å². The zero-order valence-electron chi connectivity index (χ0n) is 10.9. The molecule has 0 saturated heterocycles. The van der Waals surface area contributed by atoms with E-state index in [0.717, 1.165) is 12.2 Å². The molecular formula is C14H17ClN2O. The average Bonchev–Trinajstić information content (AvgIpc) is 2.35. The van der Waals surface area contributed by atoms with E-state index in [1.165, 1.54) is 6.92 Å². The Morgan fingerprint density at radius 1 is 1.56 bits per heavy atom. The minimum Gasteiger partial charge on any atom is -0.369 e. The molecule has 0 aliphatic heterocycles. The van der Waals surface area contributed by atoms with Crippen LogP contribution in [0.4, 0.5) is 5.69 Å². The lowest BCUT2D eigenvalue weighted by molar-refractivity contribution is 0.101. The monoisotopic (exact) mass is 264 g/mol. The first-order chi connectivity index (χ1) is 8.49. The smallest absolute Gasteiger partial charge is 0.159 e. The summed E-state index contributed by atoms with van der Waals surface area (Å²) in [4.78, 5) is 13.3. The predicted molar refractivity (Wildman–Crippen MR) is 74.1 cm³/mol. The third-order valence-electron chi connectivity index (χ3n) is 2.79. The first kappa shape index (κ1) is 14.5. The molecule has 96 valence electrons. The van der Waals surface area contributed by atoms with Crippen LogP contribution >= 0.6 is 11.6 Å². The van der Waals surface area contributed by atoms with E-state index < -0.39 is 0 Å². The van der Waals surface area contributed by atoms with Gasteiger partial charge in [-0.15, -0.1) is 0 Å². The first-order valence-corrected chi connectivity index (χ1v) is 6.32. The molecule has 0 radical (unpaired) electrons. The van der Waals surface area contributed by atoms with Gasteiger partial charge in [-0.2, -0.15) is 5.26 Å². The van der Waals surface area contributed by atoms with Crippen LogP contribution in [0.15, 0.2) is 18.2 Å². The van der Waals surface area contributed by atoms with Crippen molar-refractivity contribution in [2.24, 2.45) is 5.92 Å². The van der Waals surface area contributed by atoms with E-state index in [0.29, 0.717) is 17.1 Å². The molecule has 0 aliphatic rings. The quantitative estimate of drug-likeness (QED) is 0.764. The number of anilines is 1. The van der Waals surface area contributed by atoms with Gasteiger partial charge in [0, 0.05) is 18.7 Å². The van der Waals surface area contributed by atoms with Crippen LogP contribution in [0.3, 0.4) is 0 Å². The molecular weight excluding hydrogens is 248 g/mol. The summed E-state index contributed by atoms with van der Waals surface area (Å²) in [6.07, 6.45) is 0. The van der Waals surface area contributed by atoms with Gasteiger partial charge in [-0.3, -0.25) is 4.79 Å². The number of halogens is 1. The summed E-state index contributed by atoms with van der Waals surface area (Å²) in [6, 6.07) is 7.50. The Morgan fingerprint density at radius 3 is 2.67 bits per heavy atom. The molecule has 4 heteroatoms. The van der Waals surface area contributed by atoms with Gasteiger partial charge in [0.05, 0.1) is 22.7 Å². The molecule has 18 heavy (non-hydrogen) atoms. The van der Waals surface area contributed by atoms with Gasteiger partial charge in [-0.05, 0) is 39.0 Å². The van der Waals surface area contributed by atoms with Crippen molar-refractivity contribution in [1.82, 2.24) is 0 Å². The second-order valence-corrected chi connectivity index (χ2v) is 4.70. The number of rotatable bonds is 5. The maximum absolute atomic E-state index is 11.3. The fourth-order valence-electron chi connectivity index (χ4n) is 1.75. The Bertz CT molecular complexity index is 479. The van der Waals surface area contributed by atoms with E-state index in [9.17, 15) is 4.79 Å². The highest BCUT2D eigenvalue weighted by molar-refractivity contribution is 6.33. The SMILES string of the molecule is CCN(CC(C)C#N)c1ccc(C(C)=O)cc1Cl. The molecule has 0 spiro atoms. The highest BCUT2D eigenvalue weighted by atomic mass is 35.5. The molecule has 0 heterocycles. The maximum Gasteiger partial charge on any atom is 0.159 e. The number of hydrogen-bond donors (Lipinski definition) is 0. The molecule has 1 unspecified atom stereocenters. The molecule has 0 N–H and O–H groups in total. The normalized spacial score (nSPS) is 11.7. The fourth-order valence-corrected chi connectivity index (χ4v) is 2.05. The summed E-state index contributed by atoms with van der Waals surface area (Å²) in [5.74, 6) is -0.0645. The second-order valence-electron chi connectivity index (χ2n) is 4.29. The molecule has 0 bridgehead atoms.